The van der Waals surface area contributed by atoms with Gasteiger partial charge in [-0.25, -0.2) is 4.39 Å². The predicted molar refractivity (Wildman–Crippen MR) is 137 cm³/mol. The van der Waals surface area contributed by atoms with Crippen molar-refractivity contribution >= 4 is 46.1 Å². The average molecular weight is 488 g/mol. The lowest BCUT2D eigenvalue weighted by Gasteiger charge is -2.14. The zero-order chi connectivity index (χ0) is 24.8. The number of aryl methyl sites for hydroxylation is 1. The number of benzene rings is 3. The fraction of sp³-hybridized carbons (Fsp3) is 0.0741. The summed E-state index contributed by atoms with van der Waals surface area (Å²) in [6.45, 7) is 1.77. The van der Waals surface area contributed by atoms with E-state index in [0.29, 0.717) is 28.2 Å². The molecule has 3 aromatic carbocycles. The van der Waals surface area contributed by atoms with Crippen LogP contribution in [0.1, 0.15) is 31.2 Å². The molecular formula is C27H22FN3O3S. The number of rotatable bonds is 7. The molecule has 0 aliphatic rings. The number of nitrogens with one attached hydrogen (secondary N) is 3. The molecule has 3 amide bonds. The molecule has 0 unspecified atom stereocenters. The van der Waals surface area contributed by atoms with Gasteiger partial charge in [0.25, 0.3) is 11.8 Å². The Bertz CT molecular complexity index is 1390. The van der Waals surface area contributed by atoms with Crippen molar-refractivity contribution in [3.8, 4) is 0 Å². The van der Waals surface area contributed by atoms with Gasteiger partial charge in [-0.05, 0) is 60.3 Å². The summed E-state index contributed by atoms with van der Waals surface area (Å²) in [5.74, 6) is -1.86. The predicted octanol–water partition coefficient (Wildman–Crippen LogP) is 5.88. The number of hydrogen-bond acceptors (Lipinski definition) is 4. The molecule has 3 N–H and O–H groups in total. The highest BCUT2D eigenvalue weighted by molar-refractivity contribution is 7.10. The van der Waals surface area contributed by atoms with Gasteiger partial charge in [0.1, 0.15) is 5.82 Å². The number of hydrogen-bond donors (Lipinski definition) is 3. The van der Waals surface area contributed by atoms with Gasteiger partial charge in [0.15, 0.2) is 0 Å². The van der Waals surface area contributed by atoms with E-state index in [9.17, 15) is 18.8 Å². The van der Waals surface area contributed by atoms with Gasteiger partial charge in [-0.15, -0.1) is 11.3 Å². The maximum Gasteiger partial charge on any atom is 0.258 e. The van der Waals surface area contributed by atoms with Gasteiger partial charge in [-0.1, -0.05) is 36.4 Å². The first-order valence-corrected chi connectivity index (χ1v) is 11.7. The van der Waals surface area contributed by atoms with E-state index in [0.717, 1.165) is 4.88 Å². The molecule has 0 spiro atoms. The van der Waals surface area contributed by atoms with Crippen LogP contribution in [0.25, 0.3) is 0 Å². The molecule has 1 heterocycles. The zero-order valence-corrected chi connectivity index (χ0v) is 19.6. The molecule has 35 heavy (non-hydrogen) atoms. The second kappa shape index (κ2) is 10.8. The van der Waals surface area contributed by atoms with Gasteiger partial charge in [-0.2, -0.15) is 0 Å². The topological polar surface area (TPSA) is 87.3 Å². The summed E-state index contributed by atoms with van der Waals surface area (Å²) < 4.78 is 14.0. The maximum absolute atomic E-state index is 14.0. The molecule has 0 saturated heterocycles. The van der Waals surface area contributed by atoms with Crippen molar-refractivity contribution in [2.75, 3.05) is 16.0 Å². The Kier molecular flexibility index (Phi) is 7.32. The molecule has 0 bridgehead atoms. The summed E-state index contributed by atoms with van der Waals surface area (Å²) in [4.78, 5) is 38.9. The van der Waals surface area contributed by atoms with E-state index in [-0.39, 0.29) is 17.9 Å². The van der Waals surface area contributed by atoms with Crippen LogP contribution in [0.4, 0.5) is 21.5 Å². The maximum atomic E-state index is 14.0. The minimum atomic E-state index is -0.630. The van der Waals surface area contributed by atoms with Crippen LogP contribution in [-0.4, -0.2) is 17.7 Å². The van der Waals surface area contributed by atoms with Crippen molar-refractivity contribution in [2.24, 2.45) is 0 Å². The molecule has 6 nitrogen and oxygen atoms in total. The first kappa shape index (κ1) is 23.8. The van der Waals surface area contributed by atoms with Crippen molar-refractivity contribution in [1.82, 2.24) is 0 Å². The lowest BCUT2D eigenvalue weighted by atomic mass is 10.1. The Morgan fingerprint density at radius 1 is 0.771 bits per heavy atom. The molecule has 1 aromatic heterocycles. The van der Waals surface area contributed by atoms with Crippen LogP contribution in [-0.2, 0) is 11.2 Å². The molecule has 4 aromatic rings. The normalized spacial score (nSPS) is 10.5. The first-order valence-electron chi connectivity index (χ1n) is 10.8. The highest BCUT2D eigenvalue weighted by Crippen LogP contribution is 2.24. The van der Waals surface area contributed by atoms with E-state index in [2.05, 4.69) is 16.0 Å². The molecule has 4 rings (SSSR count). The standard InChI is InChI=1S/C27H22FN3O3S/c1-17-12-13-18(15-24(17)31-27(34)20-8-2-3-9-21(20)28)26(33)30-23-11-5-4-10-22(23)29-25(32)16-19-7-6-14-35-19/h2-15H,16H2,1H3,(H,29,32)(H,30,33)(H,31,34). The summed E-state index contributed by atoms with van der Waals surface area (Å²) in [5.41, 5.74) is 2.22. The fourth-order valence-electron chi connectivity index (χ4n) is 3.39. The van der Waals surface area contributed by atoms with Crippen molar-refractivity contribution in [3.63, 3.8) is 0 Å². The van der Waals surface area contributed by atoms with Crippen molar-refractivity contribution in [3.05, 3.63) is 112 Å². The highest BCUT2D eigenvalue weighted by Gasteiger charge is 2.16. The van der Waals surface area contributed by atoms with Gasteiger partial charge < -0.3 is 16.0 Å². The lowest BCUT2D eigenvalue weighted by molar-refractivity contribution is -0.115. The van der Waals surface area contributed by atoms with Crippen LogP contribution in [0.15, 0.2) is 84.2 Å². The van der Waals surface area contributed by atoms with Crippen LogP contribution in [0.3, 0.4) is 0 Å². The van der Waals surface area contributed by atoms with E-state index in [1.807, 2.05) is 17.5 Å². The number of anilines is 3. The summed E-state index contributed by atoms with van der Waals surface area (Å²) >= 11 is 1.50. The average Bonchev–Trinajstić information content (AvgIpc) is 3.34. The van der Waals surface area contributed by atoms with Gasteiger partial charge in [-0.3, -0.25) is 14.4 Å². The first-order chi connectivity index (χ1) is 16.9. The Balaban J connectivity index is 1.48. The minimum Gasteiger partial charge on any atom is -0.324 e. The third kappa shape index (κ3) is 5.99. The van der Waals surface area contributed by atoms with E-state index in [1.165, 1.54) is 35.6 Å². The van der Waals surface area contributed by atoms with Crippen molar-refractivity contribution < 1.29 is 18.8 Å². The summed E-state index contributed by atoms with van der Waals surface area (Å²) in [6.07, 6.45) is 0.239. The molecule has 176 valence electrons. The minimum absolute atomic E-state index is 0.0889. The number of amides is 3. The molecular weight excluding hydrogens is 465 g/mol. The SMILES string of the molecule is Cc1ccc(C(=O)Nc2ccccc2NC(=O)Cc2cccs2)cc1NC(=O)c1ccccc1F. The van der Waals surface area contributed by atoms with Gasteiger partial charge >= 0.3 is 0 Å². The smallest absolute Gasteiger partial charge is 0.258 e. The molecule has 0 aliphatic carbocycles. The Labute approximate surface area is 205 Å². The Morgan fingerprint density at radius 3 is 2.17 bits per heavy atom. The van der Waals surface area contributed by atoms with Crippen LogP contribution in [0, 0.1) is 12.7 Å². The van der Waals surface area contributed by atoms with Crippen molar-refractivity contribution in [2.45, 2.75) is 13.3 Å². The van der Waals surface area contributed by atoms with Gasteiger partial charge in [0.2, 0.25) is 5.91 Å². The highest BCUT2D eigenvalue weighted by atomic mass is 32.1. The Morgan fingerprint density at radius 2 is 1.46 bits per heavy atom. The summed E-state index contributed by atoms with van der Waals surface area (Å²) in [7, 11) is 0. The number of para-hydroxylation sites is 2. The third-order valence-corrected chi connectivity index (χ3v) is 6.11. The molecule has 0 saturated carbocycles. The lowest BCUT2D eigenvalue weighted by Crippen LogP contribution is -2.18. The summed E-state index contributed by atoms with van der Waals surface area (Å²) in [5, 5.41) is 10.2. The largest absolute Gasteiger partial charge is 0.324 e. The van der Waals surface area contributed by atoms with E-state index >= 15 is 0 Å². The van der Waals surface area contributed by atoms with Crippen LogP contribution < -0.4 is 16.0 Å². The number of carbonyl (C=O) groups is 3. The quantitative estimate of drug-likeness (QED) is 0.304. The van der Waals surface area contributed by atoms with Gasteiger partial charge in [0.05, 0.1) is 23.4 Å². The number of thiophene rings is 1. The molecule has 0 atom stereocenters. The number of halogens is 1. The second-order valence-corrected chi connectivity index (χ2v) is 8.80. The van der Waals surface area contributed by atoms with Crippen LogP contribution in [0.2, 0.25) is 0 Å². The van der Waals surface area contributed by atoms with E-state index in [4.69, 9.17) is 0 Å². The van der Waals surface area contributed by atoms with Gasteiger partial charge in [0, 0.05) is 16.1 Å². The van der Waals surface area contributed by atoms with E-state index in [1.54, 1.807) is 49.4 Å². The monoisotopic (exact) mass is 487 g/mol. The van der Waals surface area contributed by atoms with Crippen molar-refractivity contribution in [1.29, 1.82) is 0 Å². The Hall–Kier alpha value is -4.30. The molecule has 0 aliphatic heterocycles. The fourth-order valence-corrected chi connectivity index (χ4v) is 4.10. The molecule has 8 heteroatoms. The third-order valence-electron chi connectivity index (χ3n) is 5.23. The van der Waals surface area contributed by atoms with E-state index < -0.39 is 17.6 Å². The zero-order valence-electron chi connectivity index (χ0n) is 18.8. The summed E-state index contributed by atoms with van der Waals surface area (Å²) in [6, 6.07) is 21.2. The molecule has 0 fully saturated rings. The van der Waals surface area contributed by atoms with Crippen LogP contribution >= 0.6 is 11.3 Å². The molecule has 0 radical (unpaired) electrons. The number of carbonyl (C=O) groups excluding carboxylic acids is 3. The second-order valence-electron chi connectivity index (χ2n) is 7.77. The van der Waals surface area contributed by atoms with Crippen LogP contribution in [0.5, 0.6) is 0 Å².